The summed E-state index contributed by atoms with van der Waals surface area (Å²) < 4.78 is 11.3. The number of ether oxygens (including phenoxy) is 1. The molecule has 0 amide bonds. The maximum atomic E-state index is 13.4. The molecule has 1 saturated carbocycles. The molecule has 2 fully saturated rings. The minimum absolute atomic E-state index is 0.0204. The lowest BCUT2D eigenvalue weighted by Crippen LogP contribution is -2.39. The average molecular weight is 466 g/mol. The fourth-order valence-corrected chi connectivity index (χ4v) is 4.93. The van der Waals surface area contributed by atoms with Gasteiger partial charge in [0.1, 0.15) is 11.4 Å². The molecule has 1 aliphatic carbocycles. The number of benzene rings is 1. The Morgan fingerprint density at radius 3 is 2.86 bits per heavy atom. The van der Waals surface area contributed by atoms with E-state index < -0.39 is 0 Å². The lowest BCUT2D eigenvalue weighted by Gasteiger charge is -2.26. The van der Waals surface area contributed by atoms with Gasteiger partial charge >= 0.3 is 0 Å². The fourth-order valence-electron chi connectivity index (χ4n) is 4.93. The second-order valence-corrected chi connectivity index (χ2v) is 9.39. The maximum absolute atomic E-state index is 13.4. The van der Waals surface area contributed by atoms with Crippen LogP contribution >= 0.6 is 0 Å². The number of fused-ring (bicyclic) bond motifs is 2. The Morgan fingerprint density at radius 2 is 2.00 bits per heavy atom. The molecule has 7 rings (SSSR count). The van der Waals surface area contributed by atoms with E-state index in [1.165, 1.54) is 12.8 Å². The van der Waals surface area contributed by atoms with Crippen LogP contribution in [0.3, 0.4) is 0 Å². The first-order valence-corrected chi connectivity index (χ1v) is 12.2. The molecule has 1 aromatic carbocycles. The summed E-state index contributed by atoms with van der Waals surface area (Å²) in [6.07, 6.45) is 8.07. The van der Waals surface area contributed by atoms with E-state index in [4.69, 9.17) is 14.8 Å². The van der Waals surface area contributed by atoms with E-state index in [-0.39, 0.29) is 5.56 Å². The Hall–Kier alpha value is -3.50. The van der Waals surface area contributed by atoms with Crippen molar-refractivity contribution in [3.63, 3.8) is 0 Å². The monoisotopic (exact) mass is 466 g/mol. The standard InChI is InChI=1S/C25H25BN7O2/c34-24-19-15-17(1-4-20(19)27-16-31(24)10-9-30-11-13-35-14-12-30)23-22(28-25-26-6-8-32(23)25)21-5-7-33(29-21)18-2-3-18/h1,4-8,15-16,18H,2-3,9-14H2. The third-order valence-electron chi connectivity index (χ3n) is 7.05. The van der Waals surface area contributed by atoms with E-state index >= 15 is 0 Å². The van der Waals surface area contributed by atoms with Crippen LogP contribution in [0, 0.1) is 0 Å². The molecule has 35 heavy (non-hydrogen) atoms. The van der Waals surface area contributed by atoms with Gasteiger partial charge in [0.2, 0.25) is 7.28 Å². The van der Waals surface area contributed by atoms with Gasteiger partial charge in [-0.05, 0) is 37.2 Å². The molecule has 175 valence electrons. The first-order chi connectivity index (χ1) is 17.2. The number of nitrogens with zero attached hydrogens (tertiary/aromatic N) is 7. The van der Waals surface area contributed by atoms with Crippen LogP contribution in [0.25, 0.3) is 39.7 Å². The van der Waals surface area contributed by atoms with Crippen LogP contribution in [-0.4, -0.2) is 73.9 Å². The zero-order chi connectivity index (χ0) is 23.4. The van der Waals surface area contributed by atoms with Crippen molar-refractivity contribution in [2.24, 2.45) is 0 Å². The summed E-state index contributed by atoms with van der Waals surface area (Å²) in [6, 6.07) is 8.44. The van der Waals surface area contributed by atoms with Crippen LogP contribution in [0.4, 0.5) is 0 Å². The first-order valence-electron chi connectivity index (χ1n) is 12.2. The van der Waals surface area contributed by atoms with E-state index in [2.05, 4.69) is 14.5 Å². The SMILES string of the molecule is O=c1c2cc(-c3c(-c4ccn(C5CC5)n4)nc4n3C=C[B]4)ccc2ncn1CCN1CCOCC1. The summed E-state index contributed by atoms with van der Waals surface area (Å²) in [5, 5.41) is 5.43. The van der Waals surface area contributed by atoms with Crippen LogP contribution in [0.2, 0.25) is 0 Å². The molecule has 2 aliphatic heterocycles. The molecular weight excluding hydrogens is 441 g/mol. The Morgan fingerprint density at radius 1 is 1.11 bits per heavy atom. The zero-order valence-electron chi connectivity index (χ0n) is 19.4. The highest BCUT2D eigenvalue weighted by Crippen LogP contribution is 2.36. The molecule has 3 aliphatic rings. The number of imidazole rings is 1. The lowest BCUT2D eigenvalue weighted by atomic mass is 9.80. The Balaban J connectivity index is 1.28. The van der Waals surface area contributed by atoms with Crippen molar-refractivity contribution in [2.45, 2.75) is 25.4 Å². The summed E-state index contributed by atoms with van der Waals surface area (Å²) in [5.41, 5.74) is 5.09. The smallest absolute Gasteiger partial charge is 0.261 e. The second-order valence-electron chi connectivity index (χ2n) is 9.39. The zero-order valence-corrected chi connectivity index (χ0v) is 19.4. The first kappa shape index (κ1) is 20.8. The maximum Gasteiger partial charge on any atom is 0.261 e. The molecule has 1 radical (unpaired) electrons. The van der Waals surface area contributed by atoms with Crippen molar-refractivity contribution >= 4 is 30.1 Å². The summed E-state index contributed by atoms with van der Waals surface area (Å²) in [6.45, 7) is 4.70. The van der Waals surface area contributed by atoms with Gasteiger partial charge in [0.25, 0.3) is 5.56 Å². The molecule has 0 spiro atoms. The summed E-state index contributed by atoms with van der Waals surface area (Å²) in [4.78, 5) is 25.2. The molecular formula is C25H25BN7O2. The van der Waals surface area contributed by atoms with E-state index in [9.17, 15) is 4.79 Å². The highest BCUT2D eigenvalue weighted by Gasteiger charge is 2.27. The number of hydrogen-bond donors (Lipinski definition) is 0. The number of rotatable bonds is 6. The Kier molecular flexibility index (Phi) is 4.95. The molecule has 10 heteroatoms. The van der Waals surface area contributed by atoms with Gasteiger partial charge in [-0.25, -0.2) is 9.97 Å². The van der Waals surface area contributed by atoms with Crippen LogP contribution in [0.15, 0.2) is 47.6 Å². The van der Waals surface area contributed by atoms with Crippen LogP contribution < -0.4 is 11.3 Å². The molecule has 9 nitrogen and oxygen atoms in total. The lowest BCUT2D eigenvalue weighted by molar-refractivity contribution is 0.0362. The normalized spacial score (nSPS) is 17.7. The number of hydrogen-bond acceptors (Lipinski definition) is 6. The summed E-state index contributed by atoms with van der Waals surface area (Å²) in [7, 11) is 1.99. The molecule has 5 heterocycles. The van der Waals surface area contributed by atoms with Gasteiger partial charge in [-0.15, -0.1) is 0 Å². The highest BCUT2D eigenvalue weighted by atomic mass is 16.5. The predicted octanol–water partition coefficient (Wildman–Crippen LogP) is 1.56. The molecule has 0 bridgehead atoms. The van der Waals surface area contributed by atoms with Crippen molar-refractivity contribution in [2.75, 3.05) is 32.8 Å². The van der Waals surface area contributed by atoms with Crippen molar-refractivity contribution in [3.8, 4) is 22.6 Å². The van der Waals surface area contributed by atoms with Crippen LogP contribution in [-0.2, 0) is 11.3 Å². The van der Waals surface area contributed by atoms with Crippen molar-refractivity contribution in [1.82, 2.24) is 33.8 Å². The van der Waals surface area contributed by atoms with E-state index in [0.717, 1.165) is 61.2 Å². The predicted molar refractivity (Wildman–Crippen MR) is 135 cm³/mol. The quantitative estimate of drug-likeness (QED) is 0.402. The molecule has 1 saturated heterocycles. The van der Waals surface area contributed by atoms with Gasteiger partial charge in [0.05, 0.1) is 47.9 Å². The van der Waals surface area contributed by atoms with Crippen LogP contribution in [0.5, 0.6) is 0 Å². The third-order valence-corrected chi connectivity index (χ3v) is 7.05. The van der Waals surface area contributed by atoms with Crippen LogP contribution in [0.1, 0.15) is 18.9 Å². The second kappa shape index (κ2) is 8.32. The third kappa shape index (κ3) is 3.73. The van der Waals surface area contributed by atoms with Gasteiger partial charge in [0.15, 0.2) is 0 Å². The van der Waals surface area contributed by atoms with E-state index in [0.29, 0.717) is 23.5 Å². The summed E-state index contributed by atoms with van der Waals surface area (Å²) >= 11 is 0. The number of morpholine rings is 1. The number of aromatic nitrogens is 6. The molecule has 0 N–H and O–H groups in total. The topological polar surface area (TPSA) is 83.0 Å². The highest BCUT2D eigenvalue weighted by molar-refractivity contribution is 6.59. The van der Waals surface area contributed by atoms with Gasteiger partial charge in [-0.2, -0.15) is 5.10 Å². The van der Waals surface area contributed by atoms with Crippen molar-refractivity contribution in [3.05, 3.63) is 53.1 Å². The van der Waals surface area contributed by atoms with E-state index in [1.54, 1.807) is 10.9 Å². The van der Waals surface area contributed by atoms with Gasteiger partial charge in [-0.1, -0.05) is 12.0 Å². The largest absolute Gasteiger partial charge is 0.379 e. The van der Waals surface area contributed by atoms with Crippen molar-refractivity contribution < 1.29 is 4.74 Å². The molecule has 4 aromatic rings. The van der Waals surface area contributed by atoms with E-state index in [1.807, 2.05) is 54.6 Å². The molecule has 0 atom stereocenters. The fraction of sp³-hybridized carbons (Fsp3) is 0.360. The molecule has 3 aromatic heterocycles. The molecule has 0 unspecified atom stereocenters. The van der Waals surface area contributed by atoms with Gasteiger partial charge in [0, 0.05) is 37.9 Å². The Labute approximate surface area is 202 Å². The minimum atomic E-state index is -0.0204. The van der Waals surface area contributed by atoms with Gasteiger partial charge < -0.3 is 9.30 Å². The Bertz CT molecular complexity index is 1510. The summed E-state index contributed by atoms with van der Waals surface area (Å²) in [5.74, 6) is 1.99. The minimum Gasteiger partial charge on any atom is -0.379 e. The average Bonchev–Trinajstić information content (AvgIpc) is 3.28. The van der Waals surface area contributed by atoms with Crippen molar-refractivity contribution in [1.29, 1.82) is 0 Å². The van der Waals surface area contributed by atoms with Gasteiger partial charge in [-0.3, -0.25) is 18.9 Å².